The molecular weight excluding hydrogens is 288 g/mol. The van der Waals surface area contributed by atoms with Gasteiger partial charge in [0.15, 0.2) is 0 Å². The molecule has 2 aliphatic rings. The number of rotatable bonds is 4. The number of likely N-dealkylation sites (tertiary alicyclic amines) is 1. The zero-order valence-corrected chi connectivity index (χ0v) is 13.6. The predicted molar refractivity (Wildman–Crippen MR) is 88.5 cm³/mol. The van der Waals surface area contributed by atoms with Crippen LogP contribution < -0.4 is 0 Å². The number of hydrogen-bond donors (Lipinski definition) is 0. The topological polar surface area (TPSA) is 41.4 Å². The van der Waals surface area contributed by atoms with Crippen molar-refractivity contribution in [3.8, 4) is 5.69 Å². The fourth-order valence-electron chi connectivity index (χ4n) is 3.89. The van der Waals surface area contributed by atoms with Gasteiger partial charge in [-0.3, -0.25) is 4.79 Å². The molecule has 0 bridgehead atoms. The van der Waals surface area contributed by atoms with Crippen LogP contribution in [-0.2, 0) is 0 Å². The molecule has 1 aliphatic carbocycles. The maximum absolute atomic E-state index is 12.7. The first-order chi connectivity index (χ1) is 11.1. The van der Waals surface area contributed by atoms with Crippen molar-refractivity contribution in [3.63, 3.8) is 0 Å². The lowest BCUT2D eigenvalue weighted by molar-refractivity contribution is 0.0765. The van der Waals surface area contributed by atoms with Gasteiger partial charge in [0.2, 0.25) is 0 Å². The largest absolute Gasteiger partial charge is 0.338 e. The van der Waals surface area contributed by atoms with Gasteiger partial charge in [0.1, 0.15) is 0 Å². The van der Waals surface area contributed by atoms with Crippen molar-refractivity contribution in [1.29, 1.82) is 0 Å². The minimum absolute atomic E-state index is 0.148. The van der Waals surface area contributed by atoms with Crippen molar-refractivity contribution >= 4 is 5.91 Å². The van der Waals surface area contributed by atoms with E-state index in [-0.39, 0.29) is 5.91 Å². The maximum atomic E-state index is 12.7. The van der Waals surface area contributed by atoms with Crippen molar-refractivity contribution in [3.05, 3.63) is 48.3 Å². The Morgan fingerprint density at radius 3 is 2.70 bits per heavy atom. The third-order valence-electron chi connectivity index (χ3n) is 5.10. The number of carbonyl (C=O) groups excluding carboxylic acids is 1. The summed E-state index contributed by atoms with van der Waals surface area (Å²) in [7, 11) is 4.25. The highest BCUT2D eigenvalue weighted by Gasteiger charge is 2.56. The van der Waals surface area contributed by atoms with E-state index >= 15 is 0 Å². The van der Waals surface area contributed by atoms with Crippen LogP contribution in [0.15, 0.2) is 42.7 Å². The summed E-state index contributed by atoms with van der Waals surface area (Å²) >= 11 is 0. The predicted octanol–water partition coefficient (Wildman–Crippen LogP) is 1.75. The van der Waals surface area contributed by atoms with E-state index in [9.17, 15) is 4.79 Å². The van der Waals surface area contributed by atoms with Gasteiger partial charge in [0.25, 0.3) is 5.91 Å². The normalized spacial score (nSPS) is 25.7. The van der Waals surface area contributed by atoms with E-state index in [0.29, 0.717) is 11.8 Å². The quantitative estimate of drug-likeness (QED) is 0.864. The van der Waals surface area contributed by atoms with E-state index in [2.05, 4.69) is 24.1 Å². The van der Waals surface area contributed by atoms with Crippen LogP contribution in [-0.4, -0.2) is 59.2 Å². The molecular formula is C18H22N4O. The molecule has 0 N–H and O–H groups in total. The summed E-state index contributed by atoms with van der Waals surface area (Å²) in [4.78, 5) is 17.0. The third-order valence-corrected chi connectivity index (χ3v) is 5.10. The lowest BCUT2D eigenvalue weighted by atomic mass is 10.1. The van der Waals surface area contributed by atoms with Crippen LogP contribution in [0.3, 0.4) is 0 Å². The van der Waals surface area contributed by atoms with E-state index < -0.39 is 0 Å². The molecule has 1 aromatic carbocycles. The van der Waals surface area contributed by atoms with Crippen LogP contribution in [0.1, 0.15) is 10.4 Å². The second-order valence-electron chi connectivity index (χ2n) is 6.96. The Kier molecular flexibility index (Phi) is 3.45. The Labute approximate surface area is 136 Å². The van der Waals surface area contributed by atoms with Crippen molar-refractivity contribution in [2.75, 3.05) is 33.7 Å². The second-order valence-corrected chi connectivity index (χ2v) is 6.96. The first kappa shape index (κ1) is 14.5. The molecule has 0 spiro atoms. The smallest absolute Gasteiger partial charge is 0.253 e. The minimum atomic E-state index is 0.148. The van der Waals surface area contributed by atoms with E-state index in [1.165, 1.54) is 0 Å². The molecule has 1 aliphatic heterocycles. The highest BCUT2D eigenvalue weighted by Crippen LogP contribution is 2.52. The van der Waals surface area contributed by atoms with Crippen molar-refractivity contribution in [1.82, 2.24) is 19.6 Å². The van der Waals surface area contributed by atoms with Gasteiger partial charge in [0.05, 0.1) is 5.69 Å². The zero-order chi connectivity index (χ0) is 16.0. The van der Waals surface area contributed by atoms with Gasteiger partial charge in [0, 0.05) is 37.6 Å². The van der Waals surface area contributed by atoms with Crippen LogP contribution in [0.2, 0.25) is 0 Å². The number of nitrogens with zero attached hydrogens (tertiary/aromatic N) is 4. The number of carbonyl (C=O) groups is 1. The van der Waals surface area contributed by atoms with Crippen molar-refractivity contribution in [2.24, 2.45) is 17.8 Å². The molecule has 2 heterocycles. The SMILES string of the molecule is CN(C)CC1[C@H]2CN(C(=O)c3cccc(-n4cccn4)c3)C[C@@H]12. The molecule has 1 unspecified atom stereocenters. The molecule has 5 nitrogen and oxygen atoms in total. The number of amides is 1. The molecule has 2 aromatic rings. The summed E-state index contributed by atoms with van der Waals surface area (Å²) in [5, 5.41) is 4.23. The number of aromatic nitrogens is 2. The van der Waals surface area contributed by atoms with E-state index in [1.54, 1.807) is 10.9 Å². The number of hydrogen-bond acceptors (Lipinski definition) is 3. The van der Waals surface area contributed by atoms with Crippen LogP contribution in [0.4, 0.5) is 0 Å². The van der Waals surface area contributed by atoms with Gasteiger partial charge < -0.3 is 9.80 Å². The molecule has 1 amide bonds. The van der Waals surface area contributed by atoms with Gasteiger partial charge in [-0.1, -0.05) is 6.07 Å². The summed E-state index contributed by atoms with van der Waals surface area (Å²) in [5.74, 6) is 2.34. The third kappa shape index (κ3) is 2.65. The minimum Gasteiger partial charge on any atom is -0.338 e. The zero-order valence-electron chi connectivity index (χ0n) is 13.6. The number of benzene rings is 1. The van der Waals surface area contributed by atoms with Gasteiger partial charge >= 0.3 is 0 Å². The van der Waals surface area contributed by atoms with Crippen molar-refractivity contribution in [2.45, 2.75) is 0 Å². The van der Waals surface area contributed by atoms with Gasteiger partial charge in [-0.15, -0.1) is 0 Å². The summed E-state index contributed by atoms with van der Waals surface area (Å²) in [6.45, 7) is 2.97. The van der Waals surface area contributed by atoms with Crippen LogP contribution in [0.25, 0.3) is 5.69 Å². The van der Waals surface area contributed by atoms with Crippen LogP contribution in [0.5, 0.6) is 0 Å². The molecule has 4 rings (SSSR count). The monoisotopic (exact) mass is 310 g/mol. The highest BCUT2D eigenvalue weighted by atomic mass is 16.2. The van der Waals surface area contributed by atoms with E-state index in [0.717, 1.165) is 36.8 Å². The first-order valence-electron chi connectivity index (χ1n) is 8.17. The summed E-state index contributed by atoms with van der Waals surface area (Å²) in [6, 6.07) is 9.61. The molecule has 5 heteroatoms. The molecule has 1 aromatic heterocycles. The Balaban J connectivity index is 1.44. The van der Waals surface area contributed by atoms with Gasteiger partial charge in [-0.2, -0.15) is 5.10 Å². The molecule has 3 atom stereocenters. The standard InChI is InChI=1S/C18H22N4O/c1-20(2)10-15-16-11-21(12-17(15)16)18(23)13-5-3-6-14(9-13)22-8-4-7-19-22/h3-9,15-17H,10-12H2,1-2H3/t15?,16-,17+. The first-order valence-corrected chi connectivity index (χ1v) is 8.17. The van der Waals surface area contributed by atoms with E-state index in [1.807, 2.05) is 41.4 Å². The maximum Gasteiger partial charge on any atom is 0.253 e. The molecule has 23 heavy (non-hydrogen) atoms. The lowest BCUT2D eigenvalue weighted by Crippen LogP contribution is -2.33. The Morgan fingerprint density at radius 1 is 1.26 bits per heavy atom. The molecule has 0 radical (unpaired) electrons. The highest BCUT2D eigenvalue weighted by molar-refractivity contribution is 5.95. The fourth-order valence-corrected chi connectivity index (χ4v) is 3.89. The molecule has 2 fully saturated rings. The number of piperidine rings is 1. The Bertz CT molecular complexity index is 698. The second kappa shape index (κ2) is 5.49. The Hall–Kier alpha value is -2.14. The average Bonchev–Trinajstić information content (AvgIpc) is 3.00. The van der Waals surface area contributed by atoms with Gasteiger partial charge in [-0.25, -0.2) is 4.68 Å². The summed E-state index contributed by atoms with van der Waals surface area (Å²) < 4.78 is 1.78. The van der Waals surface area contributed by atoms with Gasteiger partial charge in [-0.05, 0) is 56.1 Å². The van der Waals surface area contributed by atoms with E-state index in [4.69, 9.17) is 0 Å². The summed E-state index contributed by atoms with van der Waals surface area (Å²) in [6.07, 6.45) is 3.63. The molecule has 1 saturated carbocycles. The fraction of sp³-hybridized carbons (Fsp3) is 0.444. The lowest BCUT2D eigenvalue weighted by Gasteiger charge is -2.21. The summed E-state index contributed by atoms with van der Waals surface area (Å²) in [5.41, 5.74) is 1.68. The molecule has 1 saturated heterocycles. The number of fused-ring (bicyclic) bond motifs is 1. The van der Waals surface area contributed by atoms with Crippen LogP contribution >= 0.6 is 0 Å². The van der Waals surface area contributed by atoms with Crippen LogP contribution in [0, 0.1) is 17.8 Å². The average molecular weight is 310 g/mol. The Morgan fingerprint density at radius 2 is 2.04 bits per heavy atom. The molecule has 120 valence electrons. The van der Waals surface area contributed by atoms with Crippen molar-refractivity contribution < 1.29 is 4.79 Å².